The van der Waals surface area contributed by atoms with Gasteiger partial charge in [0.15, 0.2) is 0 Å². The standard InChI is InChI=1S/C15H16N2O3S/c1-3-8-17(13-9-21-10-13)15(19)16-12-6-4-11(5-7-12)14(18)20-2/h1,4-7,13H,8-10H2,2H3,(H,16,19). The molecule has 0 aromatic heterocycles. The predicted octanol–water partition coefficient (Wildman–Crippen LogP) is 2.06. The molecule has 1 aliphatic rings. The molecule has 1 saturated heterocycles. The molecule has 1 aromatic rings. The second kappa shape index (κ2) is 7.04. The Morgan fingerprint density at radius 1 is 1.43 bits per heavy atom. The SMILES string of the molecule is C#CCN(C(=O)Nc1ccc(C(=O)OC)cc1)C1CSC1. The average Bonchev–Trinajstić information content (AvgIpc) is 2.45. The number of amides is 2. The maximum atomic E-state index is 12.2. The van der Waals surface area contributed by atoms with Gasteiger partial charge in [0.25, 0.3) is 0 Å². The van der Waals surface area contributed by atoms with Crippen LogP contribution in [0.2, 0.25) is 0 Å². The van der Waals surface area contributed by atoms with Crippen molar-refractivity contribution in [2.45, 2.75) is 6.04 Å². The fraction of sp³-hybridized carbons (Fsp3) is 0.333. The molecule has 110 valence electrons. The molecule has 2 rings (SSSR count). The van der Waals surface area contributed by atoms with Gasteiger partial charge in [-0.3, -0.25) is 0 Å². The fourth-order valence-electron chi connectivity index (χ4n) is 1.87. The van der Waals surface area contributed by atoms with E-state index in [4.69, 9.17) is 6.42 Å². The quantitative estimate of drug-likeness (QED) is 0.683. The Balaban J connectivity index is 2.01. The number of carbonyl (C=O) groups excluding carboxylic acids is 2. The highest BCUT2D eigenvalue weighted by atomic mass is 32.2. The zero-order chi connectivity index (χ0) is 15.2. The van der Waals surface area contributed by atoms with Crippen molar-refractivity contribution >= 4 is 29.4 Å². The molecule has 21 heavy (non-hydrogen) atoms. The van der Waals surface area contributed by atoms with Gasteiger partial charge in [-0.25, -0.2) is 9.59 Å². The van der Waals surface area contributed by atoms with E-state index in [0.29, 0.717) is 11.3 Å². The van der Waals surface area contributed by atoms with Crippen molar-refractivity contribution in [2.24, 2.45) is 0 Å². The number of urea groups is 1. The summed E-state index contributed by atoms with van der Waals surface area (Å²) >= 11 is 1.79. The third-order valence-electron chi connectivity index (χ3n) is 3.14. The molecule has 1 aliphatic heterocycles. The van der Waals surface area contributed by atoms with Crippen LogP contribution in [0.3, 0.4) is 0 Å². The molecule has 0 atom stereocenters. The summed E-state index contributed by atoms with van der Waals surface area (Å²) in [7, 11) is 1.33. The molecule has 5 nitrogen and oxygen atoms in total. The summed E-state index contributed by atoms with van der Waals surface area (Å²) in [6.45, 7) is 0.289. The van der Waals surface area contributed by atoms with E-state index < -0.39 is 5.97 Å². The normalized spacial score (nSPS) is 13.7. The fourth-order valence-corrected chi connectivity index (χ4v) is 2.68. The number of nitrogens with zero attached hydrogens (tertiary/aromatic N) is 1. The van der Waals surface area contributed by atoms with E-state index >= 15 is 0 Å². The predicted molar refractivity (Wildman–Crippen MR) is 83.5 cm³/mol. The lowest BCUT2D eigenvalue weighted by Gasteiger charge is -2.35. The Labute approximate surface area is 128 Å². The van der Waals surface area contributed by atoms with Crippen LogP contribution in [0.25, 0.3) is 0 Å². The van der Waals surface area contributed by atoms with E-state index in [1.165, 1.54) is 7.11 Å². The number of carbonyl (C=O) groups is 2. The van der Waals surface area contributed by atoms with Gasteiger partial charge in [0.1, 0.15) is 0 Å². The van der Waals surface area contributed by atoms with Gasteiger partial charge in [0, 0.05) is 17.2 Å². The average molecular weight is 304 g/mol. The highest BCUT2D eigenvalue weighted by molar-refractivity contribution is 8.00. The molecule has 1 heterocycles. The van der Waals surface area contributed by atoms with Gasteiger partial charge in [-0.05, 0) is 24.3 Å². The number of methoxy groups -OCH3 is 1. The molecule has 0 aliphatic carbocycles. The topological polar surface area (TPSA) is 58.6 Å². The Morgan fingerprint density at radius 2 is 2.10 bits per heavy atom. The van der Waals surface area contributed by atoms with Crippen LogP contribution in [0, 0.1) is 12.3 Å². The van der Waals surface area contributed by atoms with Crippen molar-refractivity contribution in [3.63, 3.8) is 0 Å². The maximum absolute atomic E-state index is 12.2. The number of thioether (sulfide) groups is 1. The van der Waals surface area contributed by atoms with E-state index in [1.807, 2.05) is 0 Å². The third kappa shape index (κ3) is 3.70. The third-order valence-corrected chi connectivity index (χ3v) is 4.38. The van der Waals surface area contributed by atoms with E-state index in [0.717, 1.165) is 11.5 Å². The number of rotatable bonds is 4. The highest BCUT2D eigenvalue weighted by Crippen LogP contribution is 2.23. The number of nitrogens with one attached hydrogen (secondary N) is 1. The van der Waals surface area contributed by atoms with E-state index in [2.05, 4.69) is 16.0 Å². The minimum Gasteiger partial charge on any atom is -0.465 e. The first-order valence-electron chi connectivity index (χ1n) is 6.43. The summed E-state index contributed by atoms with van der Waals surface area (Å²) in [5.74, 6) is 3.93. The van der Waals surface area contributed by atoms with Crippen LogP contribution < -0.4 is 5.32 Å². The van der Waals surface area contributed by atoms with Crippen LogP contribution in [0.15, 0.2) is 24.3 Å². The van der Waals surface area contributed by atoms with Crippen LogP contribution in [0.5, 0.6) is 0 Å². The van der Waals surface area contributed by atoms with Gasteiger partial charge in [0.05, 0.1) is 25.3 Å². The largest absolute Gasteiger partial charge is 0.465 e. The number of terminal acetylenes is 1. The first-order valence-corrected chi connectivity index (χ1v) is 7.58. The number of benzene rings is 1. The lowest BCUT2D eigenvalue weighted by atomic mass is 10.2. The molecular formula is C15H16N2O3S. The van der Waals surface area contributed by atoms with Crippen molar-refractivity contribution < 1.29 is 14.3 Å². The van der Waals surface area contributed by atoms with Crippen molar-refractivity contribution in [1.82, 2.24) is 4.90 Å². The lowest BCUT2D eigenvalue weighted by molar-refractivity contribution is 0.0601. The van der Waals surface area contributed by atoms with Crippen LogP contribution in [0.4, 0.5) is 10.5 Å². The molecule has 0 saturated carbocycles. The summed E-state index contributed by atoms with van der Waals surface area (Å²) in [5.41, 5.74) is 1.05. The van der Waals surface area contributed by atoms with Crippen molar-refractivity contribution in [3.8, 4) is 12.3 Å². The Kier molecular flexibility index (Phi) is 5.12. The summed E-state index contributed by atoms with van der Waals surface area (Å²) in [6.07, 6.45) is 5.32. The smallest absolute Gasteiger partial charge is 0.337 e. The maximum Gasteiger partial charge on any atom is 0.337 e. The highest BCUT2D eigenvalue weighted by Gasteiger charge is 2.28. The Morgan fingerprint density at radius 3 is 2.57 bits per heavy atom. The molecule has 0 spiro atoms. The zero-order valence-electron chi connectivity index (χ0n) is 11.7. The van der Waals surface area contributed by atoms with Crippen LogP contribution in [0.1, 0.15) is 10.4 Å². The lowest BCUT2D eigenvalue weighted by Crippen LogP contribution is -2.49. The van der Waals surface area contributed by atoms with Crippen LogP contribution in [-0.4, -0.2) is 48.1 Å². The van der Waals surface area contributed by atoms with Gasteiger partial charge in [-0.2, -0.15) is 11.8 Å². The number of esters is 1. The molecular weight excluding hydrogens is 288 g/mol. The van der Waals surface area contributed by atoms with Gasteiger partial charge < -0.3 is 15.0 Å². The molecule has 0 radical (unpaired) electrons. The summed E-state index contributed by atoms with van der Waals surface area (Å²) in [4.78, 5) is 25.2. The first kappa shape index (κ1) is 15.3. The summed E-state index contributed by atoms with van der Waals surface area (Å²) in [5, 5.41) is 2.79. The molecule has 6 heteroatoms. The van der Waals surface area contributed by atoms with Crippen molar-refractivity contribution in [2.75, 3.05) is 30.5 Å². The second-order valence-electron chi connectivity index (χ2n) is 4.52. The van der Waals surface area contributed by atoms with E-state index in [-0.39, 0.29) is 18.6 Å². The first-order chi connectivity index (χ1) is 10.2. The Hall–Kier alpha value is -2.13. The minimum atomic E-state index is -0.409. The minimum absolute atomic E-state index is 0.195. The second-order valence-corrected chi connectivity index (χ2v) is 5.60. The number of hydrogen-bond acceptors (Lipinski definition) is 4. The summed E-state index contributed by atoms with van der Waals surface area (Å²) in [6, 6.07) is 6.50. The molecule has 1 N–H and O–H groups in total. The zero-order valence-corrected chi connectivity index (χ0v) is 12.5. The monoisotopic (exact) mass is 304 g/mol. The van der Waals surface area contributed by atoms with Gasteiger partial charge >= 0.3 is 12.0 Å². The van der Waals surface area contributed by atoms with E-state index in [9.17, 15) is 9.59 Å². The Bertz CT molecular complexity index is 561. The molecule has 0 unspecified atom stereocenters. The number of anilines is 1. The van der Waals surface area contributed by atoms with Gasteiger partial charge in [0.2, 0.25) is 0 Å². The van der Waals surface area contributed by atoms with E-state index in [1.54, 1.807) is 40.9 Å². The molecule has 2 amide bonds. The van der Waals surface area contributed by atoms with Crippen LogP contribution in [-0.2, 0) is 4.74 Å². The van der Waals surface area contributed by atoms with Crippen molar-refractivity contribution in [1.29, 1.82) is 0 Å². The number of hydrogen-bond donors (Lipinski definition) is 1. The molecule has 0 bridgehead atoms. The van der Waals surface area contributed by atoms with Crippen LogP contribution >= 0.6 is 11.8 Å². The summed E-state index contributed by atoms with van der Waals surface area (Å²) < 4.78 is 4.62. The molecule has 1 fully saturated rings. The van der Waals surface area contributed by atoms with Gasteiger partial charge in [-0.1, -0.05) is 5.92 Å². The van der Waals surface area contributed by atoms with Crippen molar-refractivity contribution in [3.05, 3.63) is 29.8 Å². The number of ether oxygens (including phenoxy) is 1. The molecule has 1 aromatic carbocycles. The van der Waals surface area contributed by atoms with Gasteiger partial charge in [-0.15, -0.1) is 6.42 Å².